The summed E-state index contributed by atoms with van der Waals surface area (Å²) >= 11 is 0. The van der Waals surface area contributed by atoms with Crippen LogP contribution in [0.1, 0.15) is 13.8 Å². The van der Waals surface area contributed by atoms with E-state index < -0.39 is 24.5 Å². The number of aliphatic hydroxyl groups excluding tert-OH is 1. The largest absolute Gasteiger partial charge is 0.480 e. The molecule has 0 aromatic carbocycles. The predicted octanol–water partition coefficient (Wildman–Crippen LogP) is 0.317. The van der Waals surface area contributed by atoms with Crippen LogP contribution in [0, 0.1) is 5.92 Å². The van der Waals surface area contributed by atoms with E-state index in [0.29, 0.717) is 5.92 Å². The van der Waals surface area contributed by atoms with Crippen molar-refractivity contribution >= 4 is 11.9 Å². The predicted molar refractivity (Wildman–Crippen MR) is 59.8 cm³/mol. The summed E-state index contributed by atoms with van der Waals surface area (Å²) < 4.78 is 0. The highest BCUT2D eigenvalue weighted by Gasteiger charge is 2.16. The molecule has 0 saturated carbocycles. The summed E-state index contributed by atoms with van der Waals surface area (Å²) in [5.74, 6) is -1.42. The van der Waals surface area contributed by atoms with Crippen LogP contribution in [0.15, 0.2) is 24.3 Å². The molecule has 0 radical (unpaired) electrons. The number of amides is 1. The second-order valence-electron chi connectivity index (χ2n) is 3.57. The Morgan fingerprint density at radius 2 is 1.94 bits per heavy atom. The monoisotopic (exact) mass is 227 g/mol. The van der Waals surface area contributed by atoms with E-state index in [9.17, 15) is 9.59 Å². The van der Waals surface area contributed by atoms with Crippen LogP contribution >= 0.6 is 0 Å². The SMILES string of the molecule is CC(C)/C=C/C=C/C(=O)NC(CO)C(=O)O. The Morgan fingerprint density at radius 3 is 2.38 bits per heavy atom. The van der Waals surface area contributed by atoms with Gasteiger partial charge in [-0.25, -0.2) is 4.79 Å². The lowest BCUT2D eigenvalue weighted by Crippen LogP contribution is -2.42. The van der Waals surface area contributed by atoms with Gasteiger partial charge in [-0.1, -0.05) is 32.1 Å². The van der Waals surface area contributed by atoms with Gasteiger partial charge in [-0.3, -0.25) is 4.79 Å². The van der Waals surface area contributed by atoms with E-state index in [1.165, 1.54) is 12.2 Å². The first-order chi connectivity index (χ1) is 7.47. The standard InChI is InChI=1S/C11H17NO4/c1-8(2)5-3-4-6-10(14)12-9(7-13)11(15)16/h3-6,8-9,13H,7H2,1-2H3,(H,12,14)(H,15,16)/b5-3+,6-4+. The van der Waals surface area contributed by atoms with Crippen LogP contribution in [0.4, 0.5) is 0 Å². The Hall–Kier alpha value is -1.62. The molecule has 0 fully saturated rings. The van der Waals surface area contributed by atoms with E-state index in [2.05, 4.69) is 5.32 Å². The van der Waals surface area contributed by atoms with Crippen molar-refractivity contribution < 1.29 is 19.8 Å². The molecule has 0 heterocycles. The van der Waals surface area contributed by atoms with Gasteiger partial charge in [-0.05, 0) is 5.92 Å². The minimum Gasteiger partial charge on any atom is -0.480 e. The van der Waals surface area contributed by atoms with Gasteiger partial charge in [0.2, 0.25) is 5.91 Å². The molecule has 0 saturated heterocycles. The maximum absolute atomic E-state index is 11.2. The minimum absolute atomic E-state index is 0.386. The zero-order valence-electron chi connectivity index (χ0n) is 9.38. The van der Waals surface area contributed by atoms with Crippen LogP contribution in [-0.4, -0.2) is 34.7 Å². The van der Waals surface area contributed by atoms with Crippen LogP contribution in [0.2, 0.25) is 0 Å². The molecule has 1 amide bonds. The van der Waals surface area contributed by atoms with Crippen LogP contribution < -0.4 is 5.32 Å². The zero-order chi connectivity index (χ0) is 12.6. The lowest BCUT2D eigenvalue weighted by Gasteiger charge is -2.08. The van der Waals surface area contributed by atoms with Gasteiger partial charge >= 0.3 is 5.97 Å². The molecule has 0 spiro atoms. The van der Waals surface area contributed by atoms with E-state index >= 15 is 0 Å². The van der Waals surface area contributed by atoms with E-state index in [0.717, 1.165) is 0 Å². The molecule has 0 aromatic heterocycles. The number of aliphatic carboxylic acids is 1. The quantitative estimate of drug-likeness (QED) is 0.450. The van der Waals surface area contributed by atoms with Gasteiger partial charge < -0.3 is 15.5 Å². The molecule has 5 nitrogen and oxygen atoms in total. The molecule has 0 aliphatic heterocycles. The second kappa shape index (κ2) is 7.64. The van der Waals surface area contributed by atoms with Crippen molar-refractivity contribution in [3.63, 3.8) is 0 Å². The maximum atomic E-state index is 11.2. The number of nitrogens with one attached hydrogen (secondary N) is 1. The molecular weight excluding hydrogens is 210 g/mol. The number of allylic oxidation sites excluding steroid dienone is 3. The Bertz CT molecular complexity index is 294. The number of carboxylic acid groups (broad SMARTS) is 1. The van der Waals surface area contributed by atoms with Crippen molar-refractivity contribution in [1.29, 1.82) is 0 Å². The fourth-order valence-corrected chi connectivity index (χ4v) is 0.835. The lowest BCUT2D eigenvalue weighted by atomic mass is 10.2. The average Bonchev–Trinajstić information content (AvgIpc) is 2.20. The van der Waals surface area contributed by atoms with Crippen LogP contribution in [-0.2, 0) is 9.59 Å². The highest BCUT2D eigenvalue weighted by molar-refractivity contribution is 5.91. The topological polar surface area (TPSA) is 86.6 Å². The Labute approximate surface area is 94.5 Å². The molecular formula is C11H17NO4. The van der Waals surface area contributed by atoms with Crippen molar-refractivity contribution in [1.82, 2.24) is 5.32 Å². The summed E-state index contributed by atoms with van der Waals surface area (Å²) in [6, 6.07) is -1.26. The smallest absolute Gasteiger partial charge is 0.328 e. The highest BCUT2D eigenvalue weighted by Crippen LogP contribution is 1.93. The maximum Gasteiger partial charge on any atom is 0.328 e. The molecule has 3 N–H and O–H groups in total. The van der Waals surface area contributed by atoms with Crippen molar-refractivity contribution in [3.05, 3.63) is 24.3 Å². The van der Waals surface area contributed by atoms with Crippen molar-refractivity contribution in [2.24, 2.45) is 5.92 Å². The van der Waals surface area contributed by atoms with Gasteiger partial charge in [0, 0.05) is 6.08 Å². The fourth-order valence-electron chi connectivity index (χ4n) is 0.835. The van der Waals surface area contributed by atoms with Gasteiger partial charge in [0.05, 0.1) is 6.61 Å². The third-order valence-corrected chi connectivity index (χ3v) is 1.65. The van der Waals surface area contributed by atoms with Gasteiger partial charge in [-0.15, -0.1) is 0 Å². The summed E-state index contributed by atoms with van der Waals surface area (Å²) in [6.45, 7) is 3.37. The first-order valence-electron chi connectivity index (χ1n) is 4.96. The van der Waals surface area contributed by atoms with E-state index in [-0.39, 0.29) is 0 Å². The second-order valence-corrected chi connectivity index (χ2v) is 3.57. The molecule has 5 heteroatoms. The number of carboxylic acids is 1. The summed E-state index contributed by atoms with van der Waals surface area (Å²) in [4.78, 5) is 21.6. The first-order valence-corrected chi connectivity index (χ1v) is 4.96. The van der Waals surface area contributed by atoms with Gasteiger partial charge in [-0.2, -0.15) is 0 Å². The van der Waals surface area contributed by atoms with Crippen LogP contribution in [0.25, 0.3) is 0 Å². The third kappa shape index (κ3) is 6.78. The van der Waals surface area contributed by atoms with E-state index in [1.54, 1.807) is 6.08 Å². The summed E-state index contributed by atoms with van der Waals surface area (Å²) in [7, 11) is 0. The number of carbonyl (C=O) groups is 2. The zero-order valence-corrected chi connectivity index (χ0v) is 9.38. The first kappa shape index (κ1) is 14.4. The minimum atomic E-state index is -1.26. The van der Waals surface area contributed by atoms with Crippen molar-refractivity contribution in [2.75, 3.05) is 6.61 Å². The normalized spacial score (nSPS) is 13.5. The molecule has 16 heavy (non-hydrogen) atoms. The van der Waals surface area contributed by atoms with Gasteiger partial charge in [0.1, 0.15) is 0 Å². The lowest BCUT2D eigenvalue weighted by molar-refractivity contribution is -0.142. The van der Waals surface area contributed by atoms with Crippen molar-refractivity contribution in [2.45, 2.75) is 19.9 Å². The summed E-state index contributed by atoms with van der Waals surface area (Å²) in [5, 5.41) is 19.4. The average molecular weight is 227 g/mol. The number of carbonyl (C=O) groups excluding carboxylic acids is 1. The summed E-state index contributed by atoms with van der Waals surface area (Å²) in [6.07, 6.45) is 6.33. The number of aliphatic hydroxyl groups is 1. The Balaban J connectivity index is 4.12. The van der Waals surface area contributed by atoms with Crippen molar-refractivity contribution in [3.8, 4) is 0 Å². The van der Waals surface area contributed by atoms with E-state index in [1.807, 2.05) is 19.9 Å². The highest BCUT2D eigenvalue weighted by atomic mass is 16.4. The molecule has 0 aliphatic rings. The van der Waals surface area contributed by atoms with Gasteiger partial charge in [0.25, 0.3) is 0 Å². The van der Waals surface area contributed by atoms with E-state index in [4.69, 9.17) is 10.2 Å². The number of hydrogen-bond donors (Lipinski definition) is 3. The molecule has 0 aromatic rings. The van der Waals surface area contributed by atoms with Gasteiger partial charge in [0.15, 0.2) is 6.04 Å². The molecule has 0 rings (SSSR count). The third-order valence-electron chi connectivity index (χ3n) is 1.65. The molecule has 0 bridgehead atoms. The number of hydrogen-bond acceptors (Lipinski definition) is 3. The summed E-state index contributed by atoms with van der Waals surface area (Å²) in [5.41, 5.74) is 0. The van der Waals surface area contributed by atoms with Crippen LogP contribution in [0.5, 0.6) is 0 Å². The molecule has 90 valence electrons. The molecule has 1 unspecified atom stereocenters. The molecule has 0 aliphatic carbocycles. The fraction of sp³-hybridized carbons (Fsp3) is 0.455. The molecule has 1 atom stereocenters. The Morgan fingerprint density at radius 1 is 1.31 bits per heavy atom. The number of rotatable bonds is 6. The Kier molecular flexibility index (Phi) is 6.87. The van der Waals surface area contributed by atoms with Crippen LogP contribution in [0.3, 0.4) is 0 Å².